The van der Waals surface area contributed by atoms with Crippen LogP contribution < -0.4 is 5.73 Å². The van der Waals surface area contributed by atoms with E-state index in [0.29, 0.717) is 0 Å². The van der Waals surface area contributed by atoms with Gasteiger partial charge in [0.05, 0.1) is 13.6 Å². The van der Waals surface area contributed by atoms with Crippen molar-refractivity contribution in [2.24, 2.45) is 5.73 Å². The molecule has 1 aliphatic rings. The number of halogens is 2. The molecule has 0 aliphatic heterocycles. The lowest BCUT2D eigenvalue weighted by Gasteiger charge is -2.18. The van der Waals surface area contributed by atoms with E-state index in [1.807, 2.05) is 0 Å². The van der Waals surface area contributed by atoms with E-state index in [1.165, 1.54) is 43.2 Å². The van der Waals surface area contributed by atoms with Crippen LogP contribution in [0.1, 0.15) is 50.1 Å². The molecule has 0 fully saturated rings. The maximum absolute atomic E-state index is 6.39. The van der Waals surface area contributed by atoms with Gasteiger partial charge in [-0.25, -0.2) is 0 Å². The van der Waals surface area contributed by atoms with E-state index >= 15 is 0 Å². The predicted octanol–water partition coefficient (Wildman–Crippen LogP) is 5.55. The summed E-state index contributed by atoms with van der Waals surface area (Å²) in [5.74, 6) is 0. The van der Waals surface area contributed by atoms with Gasteiger partial charge in [-0.1, -0.05) is 24.5 Å². The highest BCUT2D eigenvalue weighted by atomic mass is 79.9. The highest BCUT2D eigenvalue weighted by Gasteiger charge is 2.17. The molecule has 0 bridgehead atoms. The Labute approximate surface area is 124 Å². The van der Waals surface area contributed by atoms with E-state index in [1.54, 1.807) is 11.3 Å². The Morgan fingerprint density at radius 2 is 1.94 bits per heavy atom. The molecule has 94 valence electrons. The van der Waals surface area contributed by atoms with E-state index in [0.717, 1.165) is 14.0 Å². The fourth-order valence-corrected chi connectivity index (χ4v) is 5.19. The van der Waals surface area contributed by atoms with Crippen molar-refractivity contribution in [3.63, 3.8) is 0 Å². The van der Waals surface area contributed by atoms with Crippen LogP contribution in [0.5, 0.6) is 0 Å². The molecule has 4 heteroatoms. The van der Waals surface area contributed by atoms with Crippen LogP contribution in [0.3, 0.4) is 0 Å². The maximum Gasteiger partial charge on any atom is 0.0761 e. The van der Waals surface area contributed by atoms with Gasteiger partial charge in [0.15, 0.2) is 0 Å². The zero-order chi connectivity index (χ0) is 12.3. The fourth-order valence-electron chi connectivity index (χ4n) is 2.26. The molecule has 1 heterocycles. The first-order valence-corrected chi connectivity index (χ1v) is 8.48. The first-order valence-electron chi connectivity index (χ1n) is 6.07. The van der Waals surface area contributed by atoms with Gasteiger partial charge in [0.2, 0.25) is 0 Å². The topological polar surface area (TPSA) is 26.0 Å². The van der Waals surface area contributed by atoms with Crippen molar-refractivity contribution in [3.8, 4) is 0 Å². The average molecular weight is 379 g/mol. The summed E-state index contributed by atoms with van der Waals surface area (Å²) in [7, 11) is 0. The normalized spacial score (nSPS) is 22.4. The van der Waals surface area contributed by atoms with Gasteiger partial charge in [-0.3, -0.25) is 0 Å². The van der Waals surface area contributed by atoms with Crippen LogP contribution in [0.15, 0.2) is 25.3 Å². The second kappa shape index (κ2) is 6.50. The van der Waals surface area contributed by atoms with Crippen LogP contribution in [0.4, 0.5) is 0 Å². The summed E-state index contributed by atoms with van der Waals surface area (Å²) in [4.78, 5) is 0. The number of nitrogens with two attached hydrogens (primary N) is 1. The van der Waals surface area contributed by atoms with Crippen molar-refractivity contribution in [1.82, 2.24) is 0 Å². The molecule has 0 saturated carbocycles. The van der Waals surface area contributed by atoms with Crippen LogP contribution >= 0.6 is 43.2 Å². The van der Waals surface area contributed by atoms with Crippen molar-refractivity contribution >= 4 is 43.2 Å². The van der Waals surface area contributed by atoms with Gasteiger partial charge in [-0.2, -0.15) is 0 Å². The van der Waals surface area contributed by atoms with E-state index in [9.17, 15) is 0 Å². The molecule has 0 amide bonds. The third-order valence-corrected chi connectivity index (χ3v) is 5.63. The molecule has 1 aliphatic carbocycles. The monoisotopic (exact) mass is 377 g/mol. The highest BCUT2D eigenvalue weighted by Crippen LogP contribution is 2.38. The fraction of sp³-hybridized carbons (Fsp3) is 0.538. The molecule has 1 unspecified atom stereocenters. The lowest BCUT2D eigenvalue weighted by Crippen LogP contribution is -2.13. The molecule has 17 heavy (non-hydrogen) atoms. The van der Waals surface area contributed by atoms with Crippen molar-refractivity contribution in [2.45, 2.75) is 44.6 Å². The van der Waals surface area contributed by atoms with Crippen molar-refractivity contribution in [1.29, 1.82) is 0 Å². The van der Waals surface area contributed by atoms with Gasteiger partial charge in [-0.15, -0.1) is 11.3 Å². The minimum absolute atomic E-state index is 0.0602. The van der Waals surface area contributed by atoms with Crippen molar-refractivity contribution in [2.75, 3.05) is 0 Å². The molecule has 1 aromatic heterocycles. The van der Waals surface area contributed by atoms with E-state index in [4.69, 9.17) is 5.73 Å². The standard InChI is InChI=1S/C13H17Br2NS/c14-11-8-10(13(15)17-11)12(16)9-6-4-2-1-3-5-7-9/h6,8,12H,1-5,7,16H2/b9-6+. The van der Waals surface area contributed by atoms with Gasteiger partial charge < -0.3 is 5.73 Å². The Kier molecular flexibility index (Phi) is 5.27. The first-order chi connectivity index (χ1) is 8.18. The Hall–Kier alpha value is 0.360. The molecule has 1 atom stereocenters. The molecule has 1 aromatic rings. The first kappa shape index (κ1) is 13.8. The molecule has 2 rings (SSSR count). The molecule has 0 saturated heterocycles. The van der Waals surface area contributed by atoms with Gasteiger partial charge in [0.25, 0.3) is 0 Å². The van der Waals surface area contributed by atoms with Gasteiger partial charge in [0.1, 0.15) is 0 Å². The van der Waals surface area contributed by atoms with Gasteiger partial charge in [0, 0.05) is 0 Å². The quantitative estimate of drug-likeness (QED) is 0.670. The third kappa shape index (κ3) is 3.66. The summed E-state index contributed by atoms with van der Waals surface area (Å²) in [6.45, 7) is 0. The number of thiophene rings is 1. The highest BCUT2D eigenvalue weighted by molar-refractivity contribution is 9.12. The van der Waals surface area contributed by atoms with Gasteiger partial charge in [-0.05, 0) is 69.2 Å². The summed E-state index contributed by atoms with van der Waals surface area (Å²) in [6, 6.07) is 2.20. The lowest BCUT2D eigenvalue weighted by atomic mass is 9.93. The molecule has 0 spiro atoms. The summed E-state index contributed by atoms with van der Waals surface area (Å²) in [6.07, 6.45) is 10.0. The molecule has 0 aromatic carbocycles. The van der Waals surface area contributed by atoms with E-state index in [2.05, 4.69) is 44.0 Å². The Morgan fingerprint density at radius 3 is 2.65 bits per heavy atom. The zero-order valence-corrected chi connectivity index (χ0v) is 13.7. The maximum atomic E-state index is 6.39. The second-order valence-corrected chi connectivity index (χ2v) is 8.24. The van der Waals surface area contributed by atoms with Crippen LogP contribution in [0.25, 0.3) is 0 Å². The van der Waals surface area contributed by atoms with E-state index in [-0.39, 0.29) is 6.04 Å². The number of rotatable bonds is 2. The second-order valence-electron chi connectivity index (χ2n) is 4.49. The largest absolute Gasteiger partial charge is 0.320 e. The Bertz CT molecular complexity index is 412. The minimum atomic E-state index is 0.0602. The molecule has 2 N–H and O–H groups in total. The van der Waals surface area contributed by atoms with Gasteiger partial charge >= 0.3 is 0 Å². The van der Waals surface area contributed by atoms with Crippen LogP contribution in [-0.2, 0) is 0 Å². The average Bonchev–Trinajstić information content (AvgIpc) is 2.56. The van der Waals surface area contributed by atoms with Crippen molar-refractivity contribution < 1.29 is 0 Å². The molecule has 0 radical (unpaired) electrons. The summed E-state index contributed by atoms with van der Waals surface area (Å²) in [5, 5.41) is 0. The molecular formula is C13H17Br2NS. The zero-order valence-electron chi connectivity index (χ0n) is 9.72. The SMILES string of the molecule is NC(/C1=C/CCCCCC1)c1cc(Br)sc1Br. The number of hydrogen-bond acceptors (Lipinski definition) is 2. The Morgan fingerprint density at radius 1 is 1.18 bits per heavy atom. The third-order valence-electron chi connectivity index (χ3n) is 3.24. The molecule has 1 nitrogen and oxygen atoms in total. The van der Waals surface area contributed by atoms with Crippen LogP contribution in [0.2, 0.25) is 0 Å². The Balaban J connectivity index is 2.17. The van der Waals surface area contributed by atoms with Crippen LogP contribution in [-0.4, -0.2) is 0 Å². The smallest absolute Gasteiger partial charge is 0.0761 e. The summed E-state index contributed by atoms with van der Waals surface area (Å²) >= 11 is 8.81. The van der Waals surface area contributed by atoms with Crippen molar-refractivity contribution in [3.05, 3.63) is 30.9 Å². The lowest BCUT2D eigenvalue weighted by molar-refractivity contribution is 0.602. The van der Waals surface area contributed by atoms with E-state index < -0.39 is 0 Å². The minimum Gasteiger partial charge on any atom is -0.320 e. The molecular weight excluding hydrogens is 362 g/mol. The summed E-state index contributed by atoms with van der Waals surface area (Å²) in [5.41, 5.74) is 9.02. The number of hydrogen-bond donors (Lipinski definition) is 1. The van der Waals surface area contributed by atoms with Crippen LogP contribution in [0, 0.1) is 0 Å². The predicted molar refractivity (Wildman–Crippen MR) is 82.4 cm³/mol. The number of allylic oxidation sites excluding steroid dienone is 1. The summed E-state index contributed by atoms with van der Waals surface area (Å²) < 4.78 is 2.29.